The molecule has 0 saturated heterocycles. The van der Waals surface area contributed by atoms with E-state index in [1.54, 1.807) is 0 Å². The molecule has 1 aromatic carbocycles. The fraction of sp³-hybridized carbons (Fsp3) is 0.647. The second-order valence-corrected chi connectivity index (χ2v) is 5.78. The molecule has 0 aromatic heterocycles. The molecule has 0 aliphatic carbocycles. The van der Waals surface area contributed by atoms with Crippen LogP contribution in [0.5, 0.6) is 0 Å². The lowest BCUT2D eigenvalue weighted by Crippen LogP contribution is -2.28. The molecule has 0 heterocycles. The zero-order valence-electron chi connectivity index (χ0n) is 12.9. The van der Waals surface area contributed by atoms with Gasteiger partial charge in [0, 0.05) is 6.04 Å². The Bertz CT molecular complexity index is 381. The Kier molecular flexibility index (Phi) is 5.87. The molecule has 0 aliphatic rings. The van der Waals surface area contributed by atoms with E-state index in [4.69, 9.17) is 0 Å². The number of hydrogen-bond donors (Lipinski definition) is 1. The molecule has 0 radical (unpaired) electrons. The fourth-order valence-electron chi connectivity index (χ4n) is 2.65. The second kappa shape index (κ2) is 6.94. The van der Waals surface area contributed by atoms with Crippen LogP contribution in [0.4, 0.5) is 0 Å². The largest absolute Gasteiger partial charge is 0.314 e. The summed E-state index contributed by atoms with van der Waals surface area (Å²) >= 11 is 0. The van der Waals surface area contributed by atoms with Gasteiger partial charge in [0.15, 0.2) is 0 Å². The van der Waals surface area contributed by atoms with Crippen LogP contribution in [-0.4, -0.2) is 12.6 Å². The summed E-state index contributed by atoms with van der Waals surface area (Å²) in [7, 11) is 0. The van der Waals surface area contributed by atoms with Crippen LogP contribution in [-0.2, 0) is 0 Å². The minimum Gasteiger partial charge on any atom is -0.314 e. The Hall–Kier alpha value is -0.820. The van der Waals surface area contributed by atoms with E-state index in [1.807, 2.05) is 0 Å². The van der Waals surface area contributed by atoms with E-state index in [1.165, 1.54) is 35.1 Å². The first kappa shape index (κ1) is 15.2. The molecule has 2 atom stereocenters. The highest BCUT2D eigenvalue weighted by Crippen LogP contribution is 2.26. The lowest BCUT2D eigenvalue weighted by molar-refractivity contribution is 0.478. The molecule has 1 rings (SSSR count). The summed E-state index contributed by atoms with van der Waals surface area (Å²) < 4.78 is 0. The van der Waals surface area contributed by atoms with Gasteiger partial charge in [-0.15, -0.1) is 0 Å². The highest BCUT2D eigenvalue weighted by atomic mass is 14.9. The molecule has 0 aliphatic heterocycles. The van der Waals surface area contributed by atoms with Crippen molar-refractivity contribution in [1.29, 1.82) is 0 Å². The van der Waals surface area contributed by atoms with E-state index < -0.39 is 0 Å². The van der Waals surface area contributed by atoms with Crippen LogP contribution >= 0.6 is 0 Å². The van der Waals surface area contributed by atoms with Crippen LogP contribution in [0.3, 0.4) is 0 Å². The summed E-state index contributed by atoms with van der Waals surface area (Å²) in [6.07, 6.45) is 2.42. The number of benzene rings is 1. The molecule has 1 N–H and O–H groups in total. The van der Waals surface area contributed by atoms with Gasteiger partial charge in [-0.1, -0.05) is 26.0 Å². The fourth-order valence-corrected chi connectivity index (χ4v) is 2.65. The molecule has 1 heteroatoms. The van der Waals surface area contributed by atoms with Gasteiger partial charge >= 0.3 is 0 Å². The summed E-state index contributed by atoms with van der Waals surface area (Å²) in [6.45, 7) is 14.6. The molecule has 0 bridgehead atoms. The van der Waals surface area contributed by atoms with Gasteiger partial charge in [-0.3, -0.25) is 0 Å². The van der Waals surface area contributed by atoms with Gasteiger partial charge in [0.2, 0.25) is 0 Å². The predicted molar refractivity (Wildman–Crippen MR) is 81.4 cm³/mol. The van der Waals surface area contributed by atoms with Gasteiger partial charge < -0.3 is 5.32 Å². The molecule has 102 valence electrons. The molecular weight excluding hydrogens is 218 g/mol. The average Bonchev–Trinajstić information content (AvgIpc) is 2.31. The Labute approximate surface area is 113 Å². The molecule has 0 fully saturated rings. The SMILES string of the molecule is CCCNC(C)CC(C)c1cc(C)c(C)cc1C. The van der Waals surface area contributed by atoms with E-state index in [2.05, 4.69) is 59.0 Å². The van der Waals surface area contributed by atoms with Crippen molar-refractivity contribution in [1.82, 2.24) is 5.32 Å². The first-order valence-corrected chi connectivity index (χ1v) is 7.26. The molecule has 1 nitrogen and oxygen atoms in total. The molecular formula is C17H29N. The molecule has 0 amide bonds. The van der Waals surface area contributed by atoms with E-state index in [9.17, 15) is 0 Å². The van der Waals surface area contributed by atoms with E-state index in [-0.39, 0.29) is 0 Å². The van der Waals surface area contributed by atoms with Crippen molar-refractivity contribution in [3.05, 3.63) is 34.4 Å². The third-order valence-corrected chi connectivity index (χ3v) is 3.86. The molecule has 0 saturated carbocycles. The van der Waals surface area contributed by atoms with E-state index in [0.29, 0.717) is 12.0 Å². The van der Waals surface area contributed by atoms with Crippen LogP contribution in [0, 0.1) is 20.8 Å². The predicted octanol–water partition coefficient (Wildman–Crippen LogP) is 4.49. The Morgan fingerprint density at radius 1 is 1.00 bits per heavy atom. The van der Waals surface area contributed by atoms with Gasteiger partial charge in [-0.25, -0.2) is 0 Å². The Morgan fingerprint density at radius 3 is 2.22 bits per heavy atom. The number of nitrogens with one attached hydrogen (secondary N) is 1. The van der Waals surface area contributed by atoms with Gasteiger partial charge in [0.05, 0.1) is 0 Å². The average molecular weight is 247 g/mol. The molecule has 1 aromatic rings. The van der Waals surface area contributed by atoms with Crippen LogP contribution < -0.4 is 5.32 Å². The van der Waals surface area contributed by atoms with Gasteiger partial charge in [-0.2, -0.15) is 0 Å². The first-order chi connectivity index (χ1) is 8.45. The monoisotopic (exact) mass is 247 g/mol. The van der Waals surface area contributed by atoms with Gasteiger partial charge in [0.25, 0.3) is 0 Å². The normalized spacial score (nSPS) is 14.6. The number of aryl methyl sites for hydroxylation is 3. The number of hydrogen-bond acceptors (Lipinski definition) is 1. The summed E-state index contributed by atoms with van der Waals surface area (Å²) in [5, 5.41) is 3.58. The summed E-state index contributed by atoms with van der Waals surface area (Å²) in [5.41, 5.74) is 5.77. The molecule has 2 unspecified atom stereocenters. The maximum atomic E-state index is 3.58. The topological polar surface area (TPSA) is 12.0 Å². The third-order valence-electron chi connectivity index (χ3n) is 3.86. The lowest BCUT2D eigenvalue weighted by atomic mass is 9.88. The number of rotatable bonds is 6. The van der Waals surface area contributed by atoms with Crippen molar-refractivity contribution in [3.8, 4) is 0 Å². The van der Waals surface area contributed by atoms with Crippen LogP contribution in [0.2, 0.25) is 0 Å². The van der Waals surface area contributed by atoms with Crippen LogP contribution in [0.1, 0.15) is 61.8 Å². The van der Waals surface area contributed by atoms with Crippen molar-refractivity contribution in [2.24, 2.45) is 0 Å². The van der Waals surface area contributed by atoms with E-state index in [0.717, 1.165) is 6.54 Å². The van der Waals surface area contributed by atoms with Crippen LogP contribution in [0.25, 0.3) is 0 Å². The van der Waals surface area contributed by atoms with E-state index >= 15 is 0 Å². The summed E-state index contributed by atoms with van der Waals surface area (Å²) in [5.74, 6) is 0.628. The van der Waals surface area contributed by atoms with Crippen molar-refractivity contribution in [2.45, 2.75) is 66.3 Å². The zero-order valence-corrected chi connectivity index (χ0v) is 12.9. The molecule has 18 heavy (non-hydrogen) atoms. The highest BCUT2D eigenvalue weighted by Gasteiger charge is 2.13. The van der Waals surface area contributed by atoms with Crippen molar-refractivity contribution < 1.29 is 0 Å². The van der Waals surface area contributed by atoms with Crippen molar-refractivity contribution in [2.75, 3.05) is 6.54 Å². The van der Waals surface area contributed by atoms with Crippen molar-refractivity contribution in [3.63, 3.8) is 0 Å². The smallest absolute Gasteiger partial charge is 0.00444 e. The van der Waals surface area contributed by atoms with Crippen molar-refractivity contribution >= 4 is 0 Å². The zero-order chi connectivity index (χ0) is 13.7. The first-order valence-electron chi connectivity index (χ1n) is 7.26. The lowest BCUT2D eigenvalue weighted by Gasteiger charge is -2.21. The standard InChI is InChI=1S/C17H29N/c1-7-8-18-16(6)10-15(5)17-11-13(3)12(2)9-14(17)4/h9,11,15-16,18H,7-8,10H2,1-6H3. The minimum absolute atomic E-state index is 0.598. The highest BCUT2D eigenvalue weighted by molar-refractivity contribution is 5.38. The Morgan fingerprint density at radius 2 is 1.61 bits per heavy atom. The van der Waals surface area contributed by atoms with Crippen LogP contribution in [0.15, 0.2) is 12.1 Å². The summed E-state index contributed by atoms with van der Waals surface area (Å²) in [4.78, 5) is 0. The van der Waals surface area contributed by atoms with Gasteiger partial charge in [0.1, 0.15) is 0 Å². The second-order valence-electron chi connectivity index (χ2n) is 5.78. The molecule has 0 spiro atoms. The van der Waals surface area contributed by atoms with Gasteiger partial charge in [-0.05, 0) is 75.3 Å². The summed E-state index contributed by atoms with van der Waals surface area (Å²) in [6, 6.07) is 5.30. The maximum absolute atomic E-state index is 3.58. The Balaban J connectivity index is 2.72. The third kappa shape index (κ3) is 4.13. The minimum atomic E-state index is 0.598. The quantitative estimate of drug-likeness (QED) is 0.781. The maximum Gasteiger partial charge on any atom is 0.00444 e.